The number of ether oxygens (including phenoxy) is 1. The maximum atomic E-state index is 9.00. The third-order valence-corrected chi connectivity index (χ3v) is 4.22. The highest BCUT2D eigenvalue weighted by molar-refractivity contribution is 5.44. The second kappa shape index (κ2) is 7.59. The molecule has 2 aromatic heterocycles. The molecular weight excluding hydrogens is 308 g/mol. The molecule has 0 aromatic carbocycles. The number of H-pyrrole nitrogens is 1. The Balaban J connectivity index is 1.78. The SMILES string of the molecule is Cc1n[nH]c(C)c1CNc1cc([C@H]2CCOC2)nc(NCCO)n1. The van der Waals surface area contributed by atoms with Crippen molar-refractivity contribution >= 4 is 11.8 Å². The van der Waals surface area contributed by atoms with Crippen molar-refractivity contribution in [2.45, 2.75) is 32.7 Å². The van der Waals surface area contributed by atoms with Crippen LogP contribution in [0, 0.1) is 13.8 Å². The lowest BCUT2D eigenvalue weighted by molar-refractivity contribution is 0.193. The number of aromatic amines is 1. The summed E-state index contributed by atoms with van der Waals surface area (Å²) in [6.45, 7) is 6.55. The first-order valence-electron chi connectivity index (χ1n) is 8.23. The van der Waals surface area contributed by atoms with Gasteiger partial charge >= 0.3 is 0 Å². The normalized spacial score (nSPS) is 17.2. The molecule has 4 N–H and O–H groups in total. The molecule has 0 radical (unpaired) electrons. The lowest BCUT2D eigenvalue weighted by atomic mass is 10.0. The summed E-state index contributed by atoms with van der Waals surface area (Å²) in [6, 6.07) is 1.98. The van der Waals surface area contributed by atoms with E-state index in [4.69, 9.17) is 9.84 Å². The maximum Gasteiger partial charge on any atom is 0.224 e. The minimum absolute atomic E-state index is 0.0380. The van der Waals surface area contributed by atoms with Crippen LogP contribution < -0.4 is 10.6 Å². The number of hydrogen-bond donors (Lipinski definition) is 4. The molecule has 0 aliphatic carbocycles. The number of aliphatic hydroxyl groups excluding tert-OH is 1. The van der Waals surface area contributed by atoms with Gasteiger partial charge in [0.1, 0.15) is 5.82 Å². The number of nitrogens with zero attached hydrogens (tertiary/aromatic N) is 3. The number of aromatic nitrogens is 4. The number of rotatable bonds is 7. The molecule has 2 aromatic rings. The van der Waals surface area contributed by atoms with Gasteiger partial charge < -0.3 is 20.5 Å². The van der Waals surface area contributed by atoms with E-state index in [0.29, 0.717) is 31.6 Å². The Hall–Kier alpha value is -2.19. The van der Waals surface area contributed by atoms with Crippen molar-refractivity contribution < 1.29 is 9.84 Å². The van der Waals surface area contributed by atoms with Gasteiger partial charge in [0, 0.05) is 42.9 Å². The first-order chi connectivity index (χ1) is 11.7. The molecule has 8 heteroatoms. The molecule has 3 heterocycles. The van der Waals surface area contributed by atoms with Crippen LogP contribution in [0.25, 0.3) is 0 Å². The average molecular weight is 332 g/mol. The molecule has 8 nitrogen and oxygen atoms in total. The molecule has 1 aliphatic heterocycles. The van der Waals surface area contributed by atoms with Crippen LogP contribution in [0.5, 0.6) is 0 Å². The van der Waals surface area contributed by atoms with Gasteiger partial charge in [0.15, 0.2) is 0 Å². The Labute approximate surface area is 141 Å². The van der Waals surface area contributed by atoms with Gasteiger partial charge in [-0.1, -0.05) is 0 Å². The van der Waals surface area contributed by atoms with E-state index in [2.05, 4.69) is 30.8 Å². The van der Waals surface area contributed by atoms with Crippen molar-refractivity contribution in [1.82, 2.24) is 20.2 Å². The van der Waals surface area contributed by atoms with Crippen molar-refractivity contribution in [3.05, 3.63) is 28.7 Å². The van der Waals surface area contributed by atoms with Crippen LogP contribution in [0.1, 0.15) is 35.0 Å². The van der Waals surface area contributed by atoms with E-state index in [9.17, 15) is 0 Å². The Bertz CT molecular complexity index is 662. The van der Waals surface area contributed by atoms with Crippen molar-refractivity contribution in [1.29, 1.82) is 0 Å². The van der Waals surface area contributed by atoms with Crippen LogP contribution in [0.2, 0.25) is 0 Å². The zero-order valence-corrected chi connectivity index (χ0v) is 14.1. The summed E-state index contributed by atoms with van der Waals surface area (Å²) in [7, 11) is 0. The number of aryl methyl sites for hydroxylation is 2. The van der Waals surface area contributed by atoms with Gasteiger partial charge in [-0.3, -0.25) is 5.10 Å². The van der Waals surface area contributed by atoms with E-state index < -0.39 is 0 Å². The first kappa shape index (κ1) is 16.7. The van der Waals surface area contributed by atoms with Crippen molar-refractivity contribution in [2.75, 3.05) is 37.0 Å². The smallest absolute Gasteiger partial charge is 0.224 e. The molecule has 24 heavy (non-hydrogen) atoms. The lowest BCUT2D eigenvalue weighted by Gasteiger charge is -2.13. The average Bonchev–Trinajstić information content (AvgIpc) is 3.22. The molecule has 1 fully saturated rings. The van der Waals surface area contributed by atoms with Crippen LogP contribution >= 0.6 is 0 Å². The highest BCUT2D eigenvalue weighted by Crippen LogP contribution is 2.26. The van der Waals surface area contributed by atoms with Gasteiger partial charge in [0.2, 0.25) is 5.95 Å². The molecule has 1 atom stereocenters. The molecule has 1 aliphatic rings. The van der Waals surface area contributed by atoms with E-state index in [1.165, 1.54) is 0 Å². The van der Waals surface area contributed by atoms with Crippen molar-refractivity contribution in [2.24, 2.45) is 0 Å². The van der Waals surface area contributed by atoms with Crippen LogP contribution in [-0.2, 0) is 11.3 Å². The highest BCUT2D eigenvalue weighted by atomic mass is 16.5. The Morgan fingerprint density at radius 1 is 1.33 bits per heavy atom. The molecule has 0 spiro atoms. The summed E-state index contributed by atoms with van der Waals surface area (Å²) < 4.78 is 5.47. The van der Waals surface area contributed by atoms with E-state index in [1.807, 2.05) is 19.9 Å². The fourth-order valence-corrected chi connectivity index (χ4v) is 2.79. The Morgan fingerprint density at radius 3 is 2.88 bits per heavy atom. The summed E-state index contributed by atoms with van der Waals surface area (Å²) in [5.41, 5.74) is 4.14. The number of aliphatic hydroxyl groups is 1. The quantitative estimate of drug-likeness (QED) is 0.606. The molecule has 1 saturated heterocycles. The van der Waals surface area contributed by atoms with E-state index in [0.717, 1.165) is 41.5 Å². The minimum atomic E-state index is 0.0380. The van der Waals surface area contributed by atoms with E-state index in [-0.39, 0.29) is 6.61 Å². The summed E-state index contributed by atoms with van der Waals surface area (Å²) in [5, 5.41) is 22.6. The molecule has 130 valence electrons. The number of hydrogen-bond acceptors (Lipinski definition) is 7. The van der Waals surface area contributed by atoms with Gasteiger partial charge in [0.05, 0.1) is 24.6 Å². The molecule has 3 rings (SSSR count). The summed E-state index contributed by atoms with van der Waals surface area (Å²) in [4.78, 5) is 9.05. The van der Waals surface area contributed by atoms with Crippen molar-refractivity contribution in [3.63, 3.8) is 0 Å². The molecule has 0 amide bonds. The van der Waals surface area contributed by atoms with E-state index >= 15 is 0 Å². The fourth-order valence-electron chi connectivity index (χ4n) is 2.79. The third kappa shape index (κ3) is 3.82. The zero-order valence-electron chi connectivity index (χ0n) is 14.1. The predicted octanol–water partition coefficient (Wildman–Crippen LogP) is 1.34. The largest absolute Gasteiger partial charge is 0.395 e. The first-order valence-corrected chi connectivity index (χ1v) is 8.23. The van der Waals surface area contributed by atoms with Gasteiger partial charge in [-0.25, -0.2) is 4.98 Å². The van der Waals surface area contributed by atoms with Gasteiger partial charge in [0.25, 0.3) is 0 Å². The highest BCUT2D eigenvalue weighted by Gasteiger charge is 2.21. The second-order valence-corrected chi connectivity index (χ2v) is 5.98. The van der Waals surface area contributed by atoms with Crippen LogP contribution in [0.3, 0.4) is 0 Å². The van der Waals surface area contributed by atoms with Crippen LogP contribution in [0.15, 0.2) is 6.07 Å². The summed E-state index contributed by atoms with van der Waals surface area (Å²) in [5.74, 6) is 1.57. The minimum Gasteiger partial charge on any atom is -0.395 e. The third-order valence-electron chi connectivity index (χ3n) is 4.22. The monoisotopic (exact) mass is 332 g/mol. The second-order valence-electron chi connectivity index (χ2n) is 5.98. The molecule has 0 saturated carbocycles. The summed E-state index contributed by atoms with van der Waals surface area (Å²) >= 11 is 0. The van der Waals surface area contributed by atoms with E-state index in [1.54, 1.807) is 0 Å². The lowest BCUT2D eigenvalue weighted by Crippen LogP contribution is -2.13. The Morgan fingerprint density at radius 2 is 2.21 bits per heavy atom. The van der Waals surface area contributed by atoms with Gasteiger partial charge in [-0.15, -0.1) is 0 Å². The standard InChI is InChI=1S/C16H24N6O2/c1-10-13(11(2)22-21-10)8-18-15-7-14(12-3-6-24-9-12)19-16(20-15)17-4-5-23/h7,12,23H,3-6,8-9H2,1-2H3,(H,21,22)(H2,17,18,19,20)/t12-/m0/s1. The number of anilines is 2. The number of nitrogens with one attached hydrogen (secondary N) is 3. The topological polar surface area (TPSA) is 108 Å². The summed E-state index contributed by atoms with van der Waals surface area (Å²) in [6.07, 6.45) is 0.968. The van der Waals surface area contributed by atoms with Crippen LogP contribution in [0.4, 0.5) is 11.8 Å². The molecular formula is C16H24N6O2. The predicted molar refractivity (Wildman–Crippen MR) is 91.2 cm³/mol. The zero-order chi connectivity index (χ0) is 16.9. The molecule has 0 bridgehead atoms. The Kier molecular flexibility index (Phi) is 5.27. The van der Waals surface area contributed by atoms with Gasteiger partial charge in [-0.05, 0) is 20.3 Å². The maximum absolute atomic E-state index is 9.00. The molecule has 0 unspecified atom stereocenters. The fraction of sp³-hybridized carbons (Fsp3) is 0.562. The van der Waals surface area contributed by atoms with Crippen LogP contribution in [-0.4, -0.2) is 51.6 Å². The van der Waals surface area contributed by atoms with Gasteiger partial charge in [-0.2, -0.15) is 10.1 Å². The van der Waals surface area contributed by atoms with Crippen molar-refractivity contribution in [3.8, 4) is 0 Å².